The highest BCUT2D eigenvalue weighted by molar-refractivity contribution is 6.57. The van der Waals surface area contributed by atoms with Crippen molar-refractivity contribution < 1.29 is 0 Å². The average Bonchev–Trinajstić information content (AvgIpc) is 2.55. The molecular formula is C9H7Cl3. The maximum Gasteiger partial charge on any atom is 0.143 e. The molecule has 0 saturated heterocycles. The van der Waals surface area contributed by atoms with Gasteiger partial charge in [-0.1, -0.05) is 53.5 Å². The third kappa shape index (κ3) is 1.14. The second-order valence-corrected chi connectivity index (χ2v) is 5.18. The molecule has 1 aliphatic carbocycles. The maximum absolute atomic E-state index is 6.20. The van der Waals surface area contributed by atoms with Crippen molar-refractivity contribution in [3.8, 4) is 0 Å². The molecule has 12 heavy (non-hydrogen) atoms. The van der Waals surface area contributed by atoms with Gasteiger partial charge >= 0.3 is 0 Å². The zero-order chi connectivity index (χ0) is 8.82. The Morgan fingerprint density at radius 1 is 1.00 bits per heavy atom. The molecule has 2 rings (SSSR count). The molecule has 1 fully saturated rings. The Morgan fingerprint density at radius 2 is 1.50 bits per heavy atom. The van der Waals surface area contributed by atoms with Crippen molar-refractivity contribution in [2.24, 2.45) is 0 Å². The Kier molecular flexibility index (Phi) is 1.84. The van der Waals surface area contributed by atoms with E-state index in [1.807, 2.05) is 30.3 Å². The predicted octanol–water partition coefficient (Wildman–Crippen LogP) is 3.70. The van der Waals surface area contributed by atoms with Crippen molar-refractivity contribution in [3.63, 3.8) is 0 Å². The van der Waals surface area contributed by atoms with Crippen LogP contribution >= 0.6 is 34.8 Å². The molecule has 3 heteroatoms. The van der Waals surface area contributed by atoms with Gasteiger partial charge in [-0.25, -0.2) is 0 Å². The van der Waals surface area contributed by atoms with Crippen molar-refractivity contribution in [1.29, 1.82) is 0 Å². The van der Waals surface area contributed by atoms with Gasteiger partial charge < -0.3 is 0 Å². The Morgan fingerprint density at radius 3 is 1.92 bits per heavy atom. The molecule has 1 unspecified atom stereocenters. The monoisotopic (exact) mass is 220 g/mol. The van der Waals surface area contributed by atoms with Crippen LogP contribution in [0, 0.1) is 0 Å². The lowest BCUT2D eigenvalue weighted by atomic mass is 10.1. The minimum absolute atomic E-state index is 0.558. The summed E-state index contributed by atoms with van der Waals surface area (Å²) in [6, 6.07) is 9.69. The topological polar surface area (TPSA) is 0 Å². The summed E-state index contributed by atoms with van der Waals surface area (Å²) < 4.78 is -0.782. The zero-order valence-electron chi connectivity index (χ0n) is 6.23. The summed E-state index contributed by atoms with van der Waals surface area (Å²) in [6.07, 6.45) is 0.620. The van der Waals surface area contributed by atoms with E-state index in [4.69, 9.17) is 34.8 Å². The van der Waals surface area contributed by atoms with Gasteiger partial charge in [0, 0.05) is 6.42 Å². The Hall–Kier alpha value is 0.0900. The van der Waals surface area contributed by atoms with Crippen LogP contribution in [0.1, 0.15) is 12.0 Å². The lowest BCUT2D eigenvalue weighted by molar-refractivity contribution is 0.995. The van der Waals surface area contributed by atoms with Crippen LogP contribution in [-0.4, -0.2) is 4.33 Å². The van der Waals surface area contributed by atoms with Gasteiger partial charge in [-0.15, -0.1) is 11.6 Å². The molecule has 0 spiro atoms. The predicted molar refractivity (Wildman–Crippen MR) is 53.0 cm³/mol. The maximum atomic E-state index is 6.20. The van der Waals surface area contributed by atoms with Crippen LogP contribution in [0.25, 0.3) is 0 Å². The Bertz CT molecular complexity index is 294. The molecule has 1 aromatic rings. The highest BCUT2D eigenvalue weighted by atomic mass is 35.5. The van der Waals surface area contributed by atoms with Gasteiger partial charge in [-0.2, -0.15) is 0 Å². The fourth-order valence-electron chi connectivity index (χ4n) is 1.28. The van der Waals surface area contributed by atoms with Crippen molar-refractivity contribution in [3.05, 3.63) is 35.9 Å². The molecule has 1 atom stereocenters. The molecule has 1 aliphatic rings. The van der Waals surface area contributed by atoms with Crippen molar-refractivity contribution in [2.45, 2.75) is 15.6 Å². The minimum Gasteiger partial charge on any atom is -0.111 e. The summed E-state index contributed by atoms with van der Waals surface area (Å²) in [5.74, 6) is 0. The Balaban J connectivity index is 2.35. The molecule has 0 bridgehead atoms. The minimum atomic E-state index is -0.782. The largest absolute Gasteiger partial charge is 0.143 e. The van der Waals surface area contributed by atoms with Gasteiger partial charge in [-0.3, -0.25) is 0 Å². The van der Waals surface area contributed by atoms with E-state index in [-0.39, 0.29) is 0 Å². The van der Waals surface area contributed by atoms with E-state index in [9.17, 15) is 0 Å². The van der Waals surface area contributed by atoms with Gasteiger partial charge in [0.2, 0.25) is 0 Å². The lowest BCUT2D eigenvalue weighted by Crippen LogP contribution is -2.05. The summed E-state index contributed by atoms with van der Waals surface area (Å²) in [4.78, 5) is -0.558. The molecule has 0 heterocycles. The van der Waals surface area contributed by atoms with E-state index in [2.05, 4.69) is 0 Å². The van der Waals surface area contributed by atoms with E-state index >= 15 is 0 Å². The van der Waals surface area contributed by atoms with Crippen LogP contribution in [0.4, 0.5) is 0 Å². The van der Waals surface area contributed by atoms with Crippen LogP contribution in [-0.2, 0) is 4.87 Å². The van der Waals surface area contributed by atoms with E-state index < -0.39 is 9.21 Å². The fraction of sp³-hybridized carbons (Fsp3) is 0.333. The number of hydrogen-bond acceptors (Lipinski definition) is 0. The summed E-state index contributed by atoms with van der Waals surface area (Å²) in [7, 11) is 0. The molecule has 0 amide bonds. The molecule has 64 valence electrons. The van der Waals surface area contributed by atoms with E-state index in [0.29, 0.717) is 6.42 Å². The van der Waals surface area contributed by atoms with E-state index in [1.165, 1.54) is 0 Å². The quantitative estimate of drug-likeness (QED) is 0.635. The molecule has 1 aromatic carbocycles. The first-order chi connectivity index (χ1) is 5.56. The molecule has 0 radical (unpaired) electrons. The molecule has 0 aliphatic heterocycles. The van der Waals surface area contributed by atoms with Gasteiger partial charge in [0.15, 0.2) is 0 Å². The van der Waals surface area contributed by atoms with Gasteiger partial charge in [0.1, 0.15) is 9.21 Å². The smallest absolute Gasteiger partial charge is 0.111 e. The van der Waals surface area contributed by atoms with Gasteiger partial charge in [-0.05, 0) is 5.56 Å². The summed E-state index contributed by atoms with van der Waals surface area (Å²) in [5.41, 5.74) is 0.997. The lowest BCUT2D eigenvalue weighted by Gasteiger charge is -2.08. The van der Waals surface area contributed by atoms with Crippen molar-refractivity contribution >= 4 is 34.8 Å². The molecule has 1 saturated carbocycles. The average molecular weight is 222 g/mol. The van der Waals surface area contributed by atoms with Gasteiger partial charge in [0.05, 0.1) is 0 Å². The normalized spacial score (nSPS) is 31.6. The first-order valence-corrected chi connectivity index (χ1v) is 4.82. The molecule has 0 aromatic heterocycles. The van der Waals surface area contributed by atoms with E-state index in [0.717, 1.165) is 5.56 Å². The number of alkyl halides is 3. The third-order valence-electron chi connectivity index (χ3n) is 2.15. The summed E-state index contributed by atoms with van der Waals surface area (Å²) in [6.45, 7) is 0. The highest BCUT2D eigenvalue weighted by Gasteiger charge is 2.66. The first-order valence-electron chi connectivity index (χ1n) is 3.68. The van der Waals surface area contributed by atoms with E-state index in [1.54, 1.807) is 0 Å². The molecular weight excluding hydrogens is 214 g/mol. The second-order valence-electron chi connectivity index (χ2n) is 3.05. The van der Waals surface area contributed by atoms with Crippen LogP contribution < -0.4 is 0 Å². The summed E-state index contributed by atoms with van der Waals surface area (Å²) in [5, 5.41) is 0. The fourth-order valence-corrected chi connectivity index (χ4v) is 2.36. The van der Waals surface area contributed by atoms with Gasteiger partial charge in [0.25, 0.3) is 0 Å². The number of halogens is 3. The third-order valence-corrected chi connectivity index (χ3v) is 3.93. The molecule has 0 N–H and O–H groups in total. The van der Waals surface area contributed by atoms with Crippen molar-refractivity contribution in [1.82, 2.24) is 0 Å². The first kappa shape index (κ1) is 8.68. The number of benzene rings is 1. The number of rotatable bonds is 1. The zero-order valence-corrected chi connectivity index (χ0v) is 8.50. The second kappa shape index (κ2) is 2.54. The van der Waals surface area contributed by atoms with Crippen molar-refractivity contribution in [2.75, 3.05) is 0 Å². The SMILES string of the molecule is ClC1(Cl)CC1(Cl)c1ccccc1. The van der Waals surface area contributed by atoms with Crippen LogP contribution in [0.15, 0.2) is 30.3 Å². The standard InChI is InChI=1S/C9H7Cl3/c10-8(6-9(8,11)12)7-4-2-1-3-5-7/h1-5H,6H2. The van der Waals surface area contributed by atoms with Crippen LogP contribution in [0.3, 0.4) is 0 Å². The highest BCUT2D eigenvalue weighted by Crippen LogP contribution is 2.67. The van der Waals surface area contributed by atoms with Crippen LogP contribution in [0.2, 0.25) is 0 Å². The summed E-state index contributed by atoms with van der Waals surface area (Å²) >= 11 is 18.0. The number of hydrogen-bond donors (Lipinski definition) is 0. The molecule has 0 nitrogen and oxygen atoms in total. The van der Waals surface area contributed by atoms with Crippen LogP contribution in [0.5, 0.6) is 0 Å². The Labute approximate surface area is 86.4 Å².